The van der Waals surface area contributed by atoms with Gasteiger partial charge in [0.1, 0.15) is 5.75 Å². The molecule has 0 atom stereocenters. The number of benzene rings is 1. The van der Waals surface area contributed by atoms with Crippen molar-refractivity contribution in [2.45, 2.75) is 32.7 Å². The summed E-state index contributed by atoms with van der Waals surface area (Å²) in [5.74, 6) is 0.843. The maximum absolute atomic E-state index is 5.41. The van der Waals surface area contributed by atoms with E-state index in [9.17, 15) is 0 Å². The maximum atomic E-state index is 5.41. The van der Waals surface area contributed by atoms with Gasteiger partial charge in [-0.15, -0.1) is 0 Å². The molecule has 1 N–H and O–H groups in total. The zero-order chi connectivity index (χ0) is 12.6. The Labute approximate surface area is 106 Å². The summed E-state index contributed by atoms with van der Waals surface area (Å²) in [5, 5.41) is 0. The summed E-state index contributed by atoms with van der Waals surface area (Å²) in [7, 11) is 1.67. The Balaban J connectivity index is 2.73. The molecule has 1 aromatic carbocycles. The van der Waals surface area contributed by atoms with Crippen molar-refractivity contribution in [3.8, 4) is 5.75 Å². The van der Waals surface area contributed by atoms with E-state index in [-0.39, 0.29) is 5.54 Å². The van der Waals surface area contributed by atoms with Gasteiger partial charge in [-0.3, -0.25) is 0 Å². The zero-order valence-electron chi connectivity index (χ0n) is 10.7. The van der Waals surface area contributed by atoms with Crippen LogP contribution in [0.1, 0.15) is 27.2 Å². The largest absolute Gasteiger partial charge is 0.497 e. The molecule has 1 aromatic heterocycles. The van der Waals surface area contributed by atoms with Gasteiger partial charge in [0, 0.05) is 11.6 Å². The van der Waals surface area contributed by atoms with Gasteiger partial charge in [0.2, 0.25) is 0 Å². The summed E-state index contributed by atoms with van der Waals surface area (Å²) >= 11 is 5.41. The number of hydrogen-bond donors (Lipinski definition) is 1. The first-order chi connectivity index (χ1) is 7.99. The molecule has 0 fully saturated rings. The third kappa shape index (κ3) is 1.97. The second-order valence-electron chi connectivity index (χ2n) is 4.81. The molecule has 0 spiro atoms. The lowest BCUT2D eigenvalue weighted by molar-refractivity contribution is 0.348. The highest BCUT2D eigenvalue weighted by Crippen LogP contribution is 2.28. The average molecular weight is 250 g/mol. The molecule has 0 radical (unpaired) electrons. The van der Waals surface area contributed by atoms with Gasteiger partial charge in [0.05, 0.1) is 18.1 Å². The maximum Gasteiger partial charge on any atom is 0.178 e. The number of fused-ring (bicyclic) bond motifs is 1. The molecule has 0 unspecified atom stereocenters. The van der Waals surface area contributed by atoms with Crippen molar-refractivity contribution < 1.29 is 4.74 Å². The lowest BCUT2D eigenvalue weighted by Gasteiger charge is -2.25. The number of imidazole rings is 1. The van der Waals surface area contributed by atoms with Crippen molar-refractivity contribution >= 4 is 23.3 Å². The number of rotatable bonds is 3. The van der Waals surface area contributed by atoms with Crippen LogP contribution in [0.15, 0.2) is 18.2 Å². The second kappa shape index (κ2) is 4.18. The SMILES string of the molecule is CCC(C)(C)n1c(=S)[nH]c2cc(OC)ccc21. The van der Waals surface area contributed by atoms with E-state index in [0.29, 0.717) is 0 Å². The van der Waals surface area contributed by atoms with E-state index in [1.807, 2.05) is 12.1 Å². The van der Waals surface area contributed by atoms with E-state index in [4.69, 9.17) is 17.0 Å². The molecule has 0 amide bonds. The third-order valence-corrected chi connectivity index (χ3v) is 3.64. The van der Waals surface area contributed by atoms with Crippen LogP contribution < -0.4 is 4.74 Å². The molecular weight excluding hydrogens is 232 g/mol. The number of nitrogens with one attached hydrogen (secondary N) is 1. The highest BCUT2D eigenvalue weighted by Gasteiger charge is 2.21. The Morgan fingerprint density at radius 3 is 2.71 bits per heavy atom. The predicted octanol–water partition coefficient (Wildman–Crippen LogP) is 3.85. The minimum absolute atomic E-state index is 0.0178. The number of methoxy groups -OCH3 is 1. The number of nitrogens with zero attached hydrogens (tertiary/aromatic N) is 1. The summed E-state index contributed by atoms with van der Waals surface area (Å²) in [6.07, 6.45) is 1.03. The first-order valence-electron chi connectivity index (χ1n) is 5.79. The van der Waals surface area contributed by atoms with Gasteiger partial charge in [0.15, 0.2) is 4.77 Å². The van der Waals surface area contributed by atoms with Crippen molar-refractivity contribution in [1.82, 2.24) is 9.55 Å². The van der Waals surface area contributed by atoms with Crippen molar-refractivity contribution in [1.29, 1.82) is 0 Å². The summed E-state index contributed by atoms with van der Waals surface area (Å²) in [6.45, 7) is 6.56. The van der Waals surface area contributed by atoms with Crippen LogP contribution in [-0.2, 0) is 5.54 Å². The van der Waals surface area contributed by atoms with Crippen molar-refractivity contribution in [3.05, 3.63) is 23.0 Å². The van der Waals surface area contributed by atoms with E-state index < -0.39 is 0 Å². The van der Waals surface area contributed by atoms with Crippen molar-refractivity contribution in [3.63, 3.8) is 0 Å². The molecule has 3 nitrogen and oxygen atoms in total. The number of ether oxygens (including phenoxy) is 1. The molecule has 17 heavy (non-hydrogen) atoms. The molecule has 2 aromatic rings. The van der Waals surface area contributed by atoms with Gasteiger partial charge in [-0.25, -0.2) is 0 Å². The highest BCUT2D eigenvalue weighted by atomic mass is 32.1. The normalized spacial score (nSPS) is 12.0. The summed E-state index contributed by atoms with van der Waals surface area (Å²) in [4.78, 5) is 3.24. The van der Waals surface area contributed by atoms with Crippen LogP contribution in [0, 0.1) is 4.77 Å². The Hall–Kier alpha value is -1.29. The summed E-state index contributed by atoms with van der Waals surface area (Å²) in [6, 6.07) is 6.00. The number of hydrogen-bond acceptors (Lipinski definition) is 2. The van der Waals surface area contributed by atoms with Gasteiger partial charge >= 0.3 is 0 Å². The van der Waals surface area contributed by atoms with E-state index in [1.54, 1.807) is 7.11 Å². The average Bonchev–Trinajstić information content (AvgIpc) is 2.64. The zero-order valence-corrected chi connectivity index (χ0v) is 11.5. The van der Waals surface area contributed by atoms with Crippen molar-refractivity contribution in [2.24, 2.45) is 0 Å². The predicted molar refractivity (Wildman–Crippen MR) is 73.3 cm³/mol. The van der Waals surface area contributed by atoms with Gasteiger partial charge in [0.25, 0.3) is 0 Å². The van der Waals surface area contributed by atoms with Gasteiger partial charge < -0.3 is 14.3 Å². The standard InChI is InChI=1S/C13H18N2OS/c1-5-13(2,3)15-11-7-6-9(16-4)8-10(11)14-12(15)17/h6-8H,5H2,1-4H3,(H,14,17). The van der Waals surface area contributed by atoms with E-state index in [1.165, 1.54) is 0 Å². The second-order valence-corrected chi connectivity index (χ2v) is 5.20. The topological polar surface area (TPSA) is 29.9 Å². The van der Waals surface area contributed by atoms with Crippen LogP contribution in [0.25, 0.3) is 11.0 Å². The van der Waals surface area contributed by atoms with Crippen LogP contribution in [0.4, 0.5) is 0 Å². The highest BCUT2D eigenvalue weighted by molar-refractivity contribution is 7.71. The lowest BCUT2D eigenvalue weighted by atomic mass is 10.0. The van der Waals surface area contributed by atoms with Crippen LogP contribution in [0.5, 0.6) is 5.75 Å². The van der Waals surface area contributed by atoms with Gasteiger partial charge in [-0.05, 0) is 44.6 Å². The molecule has 0 aliphatic heterocycles. The lowest BCUT2D eigenvalue weighted by Crippen LogP contribution is -2.25. The minimum atomic E-state index is 0.0178. The van der Waals surface area contributed by atoms with E-state index >= 15 is 0 Å². The number of aromatic nitrogens is 2. The molecule has 0 bridgehead atoms. The first kappa shape index (κ1) is 12.2. The number of aromatic amines is 1. The van der Waals surface area contributed by atoms with Crippen LogP contribution in [-0.4, -0.2) is 16.7 Å². The Morgan fingerprint density at radius 2 is 2.12 bits per heavy atom. The minimum Gasteiger partial charge on any atom is -0.497 e. The van der Waals surface area contributed by atoms with Gasteiger partial charge in [-0.2, -0.15) is 0 Å². The van der Waals surface area contributed by atoms with E-state index in [2.05, 4.69) is 36.4 Å². The quantitative estimate of drug-likeness (QED) is 0.838. The fourth-order valence-corrected chi connectivity index (χ4v) is 2.43. The Bertz CT molecular complexity index is 595. The molecule has 0 aliphatic carbocycles. The van der Waals surface area contributed by atoms with Crippen LogP contribution in [0.3, 0.4) is 0 Å². The third-order valence-electron chi connectivity index (χ3n) is 3.36. The molecule has 1 heterocycles. The number of H-pyrrole nitrogens is 1. The van der Waals surface area contributed by atoms with Gasteiger partial charge in [-0.1, -0.05) is 6.92 Å². The summed E-state index contributed by atoms with van der Waals surface area (Å²) in [5.41, 5.74) is 2.17. The monoisotopic (exact) mass is 250 g/mol. The molecule has 92 valence electrons. The molecule has 0 aliphatic rings. The molecule has 0 saturated carbocycles. The van der Waals surface area contributed by atoms with Crippen LogP contribution >= 0.6 is 12.2 Å². The van der Waals surface area contributed by atoms with Crippen LogP contribution in [0.2, 0.25) is 0 Å². The van der Waals surface area contributed by atoms with Crippen molar-refractivity contribution in [2.75, 3.05) is 7.11 Å². The Kier molecular flexibility index (Phi) is 3.00. The fourth-order valence-electron chi connectivity index (χ4n) is 1.98. The molecule has 2 rings (SSSR count). The van der Waals surface area contributed by atoms with E-state index in [0.717, 1.165) is 28.0 Å². The fraction of sp³-hybridized carbons (Fsp3) is 0.462. The molecule has 0 saturated heterocycles. The Morgan fingerprint density at radius 1 is 1.41 bits per heavy atom. The first-order valence-corrected chi connectivity index (χ1v) is 6.19. The summed E-state index contributed by atoms with van der Waals surface area (Å²) < 4.78 is 8.16. The molecule has 4 heteroatoms. The smallest absolute Gasteiger partial charge is 0.178 e. The molecular formula is C13H18N2OS.